The Balaban J connectivity index is 1.14. The summed E-state index contributed by atoms with van der Waals surface area (Å²) in [6.07, 6.45) is 3.70. The molecule has 3 aromatic rings. The van der Waals surface area contributed by atoms with E-state index in [-0.39, 0.29) is 35.9 Å². The zero-order valence-electron chi connectivity index (χ0n) is 28.7. The van der Waals surface area contributed by atoms with E-state index in [4.69, 9.17) is 4.74 Å². The fourth-order valence-electron chi connectivity index (χ4n) is 8.20. The Morgan fingerprint density at radius 2 is 1.74 bits per heavy atom. The molecule has 8 atom stereocenters. The molecular formula is C41H49NO8. The first-order valence-corrected chi connectivity index (χ1v) is 18.0. The van der Waals surface area contributed by atoms with Crippen molar-refractivity contribution in [3.8, 4) is 29.1 Å². The highest BCUT2D eigenvalue weighted by atomic mass is 16.5. The number of carbonyl (C=O) groups excluding carboxylic acids is 2. The Kier molecular flexibility index (Phi) is 11.4. The van der Waals surface area contributed by atoms with Crippen LogP contribution in [0.5, 0.6) is 17.2 Å². The normalized spacial score (nSPS) is 25.6. The maximum absolute atomic E-state index is 13.5. The van der Waals surface area contributed by atoms with Gasteiger partial charge in [-0.2, -0.15) is 0 Å². The second kappa shape index (κ2) is 15.9. The first-order chi connectivity index (χ1) is 24.1. The number of ether oxygens (including phenoxy) is 1. The van der Waals surface area contributed by atoms with Crippen molar-refractivity contribution in [1.29, 1.82) is 0 Å². The number of fused-ring (bicyclic) bond motifs is 3. The number of aliphatic hydroxyl groups excluding tert-OH is 3. The van der Waals surface area contributed by atoms with Crippen LogP contribution in [0.3, 0.4) is 0 Å². The van der Waals surface area contributed by atoms with Gasteiger partial charge in [-0.25, -0.2) is 0 Å². The quantitative estimate of drug-likeness (QED) is 0.118. The number of aliphatic hydroxyl groups is 3. The van der Waals surface area contributed by atoms with Crippen LogP contribution < -0.4 is 10.1 Å². The minimum atomic E-state index is -1.24. The lowest BCUT2D eigenvalue weighted by atomic mass is 9.74. The minimum Gasteiger partial charge on any atom is -0.508 e. The fourth-order valence-corrected chi connectivity index (χ4v) is 8.20. The average molecular weight is 684 g/mol. The van der Waals surface area contributed by atoms with E-state index < -0.39 is 30.1 Å². The summed E-state index contributed by atoms with van der Waals surface area (Å²) in [5.41, 5.74) is 1.90. The molecule has 0 spiro atoms. The molecule has 3 aromatic carbocycles. The molecule has 1 saturated heterocycles. The van der Waals surface area contributed by atoms with E-state index in [0.29, 0.717) is 60.5 Å². The fraction of sp³-hybridized carbons (Fsp3) is 0.512. The highest BCUT2D eigenvalue weighted by Gasteiger charge is 2.35. The molecule has 1 aliphatic heterocycles. The summed E-state index contributed by atoms with van der Waals surface area (Å²) in [5, 5.41) is 59.6. The van der Waals surface area contributed by atoms with Crippen LogP contribution in [-0.2, 0) is 16.0 Å². The van der Waals surface area contributed by atoms with E-state index in [2.05, 4.69) is 17.2 Å². The number of unbranched alkanes of at least 4 members (excludes halogenated alkanes) is 1. The molecule has 6 N–H and O–H groups in total. The van der Waals surface area contributed by atoms with E-state index in [1.54, 1.807) is 48.5 Å². The number of nitrogens with one attached hydrogen (secondary N) is 1. The number of rotatable bonds is 11. The van der Waals surface area contributed by atoms with Crippen molar-refractivity contribution in [3.05, 3.63) is 65.2 Å². The maximum Gasteiger partial charge on any atom is 0.160 e. The van der Waals surface area contributed by atoms with Crippen molar-refractivity contribution in [2.24, 2.45) is 17.8 Å². The lowest BCUT2D eigenvalue weighted by Gasteiger charge is -2.39. The Morgan fingerprint density at radius 1 is 0.940 bits per heavy atom. The SMILES string of the molecule is COc1cc2c(cc1O)C(CC(O)C(O)c1ccc3cc(O)ccc3c1)C#CC(C(O)CCCCC1CNC3CC(=O)CCC3C1)C(=O)CC2. The van der Waals surface area contributed by atoms with Gasteiger partial charge in [-0.1, -0.05) is 42.9 Å². The highest BCUT2D eigenvalue weighted by Crippen LogP contribution is 2.38. The van der Waals surface area contributed by atoms with Crippen molar-refractivity contribution < 1.29 is 39.9 Å². The van der Waals surface area contributed by atoms with Crippen LogP contribution in [-0.4, -0.2) is 69.0 Å². The highest BCUT2D eigenvalue weighted by molar-refractivity contribution is 5.85. The van der Waals surface area contributed by atoms with Gasteiger partial charge in [0.1, 0.15) is 23.6 Å². The lowest BCUT2D eigenvalue weighted by Crippen LogP contribution is -2.48. The number of hydrogen-bond donors (Lipinski definition) is 6. The van der Waals surface area contributed by atoms with Crippen LogP contribution in [0, 0.1) is 29.6 Å². The Morgan fingerprint density at radius 3 is 2.56 bits per heavy atom. The van der Waals surface area contributed by atoms with Crippen LogP contribution >= 0.6 is 0 Å². The van der Waals surface area contributed by atoms with Crippen LogP contribution in [0.2, 0.25) is 0 Å². The number of aryl methyl sites for hydroxylation is 1. The van der Waals surface area contributed by atoms with Gasteiger partial charge in [0.25, 0.3) is 0 Å². The van der Waals surface area contributed by atoms with Crippen LogP contribution in [0.4, 0.5) is 0 Å². The molecule has 0 aromatic heterocycles. The third kappa shape index (κ3) is 8.33. The summed E-state index contributed by atoms with van der Waals surface area (Å²) in [5.74, 6) is 6.34. The summed E-state index contributed by atoms with van der Waals surface area (Å²) in [6.45, 7) is 0.915. The number of aromatic hydroxyl groups is 2. The topological polar surface area (TPSA) is 157 Å². The van der Waals surface area contributed by atoms with Crippen LogP contribution in [0.1, 0.15) is 92.9 Å². The number of carbonyl (C=O) groups is 2. The third-order valence-corrected chi connectivity index (χ3v) is 11.1. The first kappa shape index (κ1) is 35.9. The van der Waals surface area contributed by atoms with Gasteiger partial charge in [0.2, 0.25) is 0 Å². The molecule has 9 heteroatoms. The Hall–Kier alpha value is -3.94. The number of ketones is 2. The molecule has 1 saturated carbocycles. The number of benzene rings is 3. The second-order valence-electron chi connectivity index (χ2n) is 14.6. The zero-order valence-corrected chi connectivity index (χ0v) is 28.7. The molecule has 6 rings (SSSR count). The van der Waals surface area contributed by atoms with Crippen molar-refractivity contribution in [3.63, 3.8) is 0 Å². The molecule has 266 valence electrons. The summed E-state index contributed by atoms with van der Waals surface area (Å²) in [7, 11) is 1.45. The zero-order chi connectivity index (χ0) is 35.4. The van der Waals surface area contributed by atoms with E-state index in [1.807, 2.05) is 0 Å². The predicted octanol–water partition coefficient (Wildman–Crippen LogP) is 5.23. The molecule has 50 heavy (non-hydrogen) atoms. The van der Waals surface area contributed by atoms with E-state index in [9.17, 15) is 35.1 Å². The molecule has 8 unspecified atom stereocenters. The summed E-state index contributed by atoms with van der Waals surface area (Å²) in [4.78, 5) is 25.3. The minimum absolute atomic E-state index is 0.0169. The third-order valence-electron chi connectivity index (χ3n) is 11.1. The Labute approximate surface area is 293 Å². The molecule has 9 nitrogen and oxygen atoms in total. The van der Waals surface area contributed by atoms with Crippen LogP contribution in [0.15, 0.2) is 48.5 Å². The molecule has 3 aliphatic rings. The number of Topliss-reactive ketones (excluding diaryl/α,β-unsaturated/α-hetero) is 2. The second-order valence-corrected chi connectivity index (χ2v) is 14.6. The summed E-state index contributed by atoms with van der Waals surface area (Å²) in [6, 6.07) is 13.8. The predicted molar refractivity (Wildman–Crippen MR) is 190 cm³/mol. The van der Waals surface area contributed by atoms with Gasteiger partial charge >= 0.3 is 0 Å². The van der Waals surface area contributed by atoms with Gasteiger partial charge in [-0.3, -0.25) is 9.59 Å². The summed E-state index contributed by atoms with van der Waals surface area (Å²) < 4.78 is 5.35. The van der Waals surface area contributed by atoms with Gasteiger partial charge in [-0.05, 0) is 115 Å². The van der Waals surface area contributed by atoms with E-state index in [1.165, 1.54) is 7.11 Å². The molecule has 1 heterocycles. The number of piperidine rings is 1. The first-order valence-electron chi connectivity index (χ1n) is 18.0. The lowest BCUT2D eigenvalue weighted by molar-refractivity contribution is -0.124. The van der Waals surface area contributed by atoms with Crippen molar-refractivity contribution in [2.75, 3.05) is 13.7 Å². The number of methoxy groups -OCH3 is 1. The number of phenols is 2. The molecule has 0 bridgehead atoms. The maximum atomic E-state index is 13.5. The molecule has 2 aliphatic carbocycles. The standard InChI is InChI=1S/C41H49NO8/c1-50-40-20-28-11-15-37(46)33(36(45)5-3-2-4-24-16-29-9-13-32(44)21-35(29)42-23-24)14-10-27(34(28)22-38(40)47)19-39(48)41(49)30-7-6-26-18-31(43)12-8-25(26)17-30/h6-8,12,17-18,20,22,24,27,29,33,35-36,39,41-43,45,47-49H,2-5,9,11,13,15-16,19,21,23H2,1H3. The van der Waals surface area contributed by atoms with Crippen molar-refractivity contribution in [1.82, 2.24) is 5.32 Å². The number of phenolic OH excluding ortho intramolecular Hbond substituents is 2. The molecule has 0 amide bonds. The van der Waals surface area contributed by atoms with Gasteiger partial charge in [0, 0.05) is 31.2 Å². The van der Waals surface area contributed by atoms with Gasteiger partial charge in [-0.15, -0.1) is 0 Å². The average Bonchev–Trinajstić information content (AvgIpc) is 3.17. The van der Waals surface area contributed by atoms with Crippen LogP contribution in [0.25, 0.3) is 10.8 Å². The summed E-state index contributed by atoms with van der Waals surface area (Å²) >= 11 is 0. The van der Waals surface area contributed by atoms with Gasteiger partial charge < -0.3 is 35.6 Å². The van der Waals surface area contributed by atoms with Gasteiger partial charge in [0.05, 0.1) is 19.3 Å². The monoisotopic (exact) mass is 683 g/mol. The molecule has 0 radical (unpaired) electrons. The van der Waals surface area contributed by atoms with E-state index in [0.717, 1.165) is 55.0 Å². The van der Waals surface area contributed by atoms with Crippen molar-refractivity contribution >= 4 is 22.3 Å². The van der Waals surface area contributed by atoms with Crippen molar-refractivity contribution in [2.45, 2.75) is 101 Å². The van der Waals surface area contributed by atoms with Gasteiger partial charge in [0.15, 0.2) is 17.3 Å². The molecule has 2 fully saturated rings. The number of hydrogen-bond acceptors (Lipinski definition) is 9. The largest absolute Gasteiger partial charge is 0.508 e. The smallest absolute Gasteiger partial charge is 0.160 e. The molecular weight excluding hydrogens is 634 g/mol. The van der Waals surface area contributed by atoms with E-state index >= 15 is 0 Å². The Bertz CT molecular complexity index is 1760.